The molecule has 0 spiro atoms. The van der Waals surface area contributed by atoms with Crippen LogP contribution < -0.4 is 10.2 Å². The number of nitrogens with zero attached hydrogens (tertiary/aromatic N) is 2. The fraction of sp³-hybridized carbons (Fsp3) is 0.800. The van der Waals surface area contributed by atoms with Crippen LogP contribution in [0.5, 0.6) is 0 Å². The molecule has 0 aliphatic carbocycles. The second-order valence-corrected chi connectivity index (χ2v) is 6.28. The first kappa shape index (κ1) is 14.4. The summed E-state index contributed by atoms with van der Waals surface area (Å²) < 4.78 is 0. The Labute approximate surface area is 117 Å². The quantitative estimate of drug-likeness (QED) is 0.878. The molecule has 4 nitrogen and oxygen atoms in total. The molecule has 1 aromatic heterocycles. The number of anilines is 1. The Morgan fingerprint density at radius 2 is 1.95 bits per heavy atom. The normalized spacial score (nSPS) is 17.3. The average molecular weight is 264 g/mol. The summed E-state index contributed by atoms with van der Waals surface area (Å²) in [4.78, 5) is 2.44. The van der Waals surface area contributed by atoms with Gasteiger partial charge in [0.2, 0.25) is 0 Å². The van der Waals surface area contributed by atoms with E-state index in [1.54, 1.807) is 0 Å². The molecule has 1 saturated heterocycles. The van der Waals surface area contributed by atoms with Crippen LogP contribution in [0.25, 0.3) is 0 Å². The van der Waals surface area contributed by atoms with Crippen LogP contribution in [0.4, 0.5) is 5.82 Å². The van der Waals surface area contributed by atoms with E-state index in [1.807, 2.05) is 0 Å². The molecule has 0 unspecified atom stereocenters. The van der Waals surface area contributed by atoms with E-state index in [2.05, 4.69) is 48.1 Å². The first-order chi connectivity index (χ1) is 9.09. The number of aromatic nitrogens is 2. The van der Waals surface area contributed by atoms with Gasteiger partial charge < -0.3 is 10.2 Å². The summed E-state index contributed by atoms with van der Waals surface area (Å²) in [6.45, 7) is 13.4. The van der Waals surface area contributed by atoms with E-state index in [9.17, 15) is 0 Å². The lowest BCUT2D eigenvalue weighted by Crippen LogP contribution is -2.29. The van der Waals surface area contributed by atoms with E-state index in [1.165, 1.54) is 23.5 Å². The molecule has 2 heterocycles. The second-order valence-electron chi connectivity index (χ2n) is 6.28. The summed E-state index contributed by atoms with van der Waals surface area (Å²) in [6, 6.07) is 0. The molecule has 0 aromatic carbocycles. The lowest BCUT2D eigenvalue weighted by molar-refractivity contribution is 0.626. The number of hydrogen-bond donors (Lipinski definition) is 2. The summed E-state index contributed by atoms with van der Waals surface area (Å²) in [6.07, 6.45) is 2.29. The zero-order chi connectivity index (χ0) is 13.8. The van der Waals surface area contributed by atoms with Crippen LogP contribution in [0.1, 0.15) is 51.3 Å². The molecule has 1 aliphatic heterocycles. The van der Waals surface area contributed by atoms with Crippen molar-refractivity contribution < 1.29 is 0 Å². The molecule has 108 valence electrons. The molecule has 0 saturated carbocycles. The van der Waals surface area contributed by atoms with Crippen LogP contribution in [-0.2, 0) is 6.42 Å². The second kappa shape index (κ2) is 6.42. The van der Waals surface area contributed by atoms with Crippen LogP contribution in [0.15, 0.2) is 0 Å². The number of nitrogens with one attached hydrogen (secondary N) is 2. The highest BCUT2D eigenvalue weighted by atomic mass is 15.3. The van der Waals surface area contributed by atoms with E-state index in [-0.39, 0.29) is 0 Å². The number of hydrogen-bond acceptors (Lipinski definition) is 3. The summed E-state index contributed by atoms with van der Waals surface area (Å²) >= 11 is 0. The molecule has 4 heteroatoms. The molecule has 0 bridgehead atoms. The van der Waals surface area contributed by atoms with E-state index < -0.39 is 0 Å². The van der Waals surface area contributed by atoms with Gasteiger partial charge in [0, 0.05) is 30.9 Å². The molecule has 1 aliphatic rings. The van der Waals surface area contributed by atoms with Gasteiger partial charge in [0.25, 0.3) is 0 Å². The summed E-state index contributed by atoms with van der Waals surface area (Å²) in [5, 5.41) is 11.4. The highest BCUT2D eigenvalue weighted by molar-refractivity contribution is 5.51. The number of rotatable bonds is 4. The van der Waals surface area contributed by atoms with Gasteiger partial charge in [-0.3, -0.25) is 5.10 Å². The van der Waals surface area contributed by atoms with Gasteiger partial charge in [-0.05, 0) is 31.2 Å². The van der Waals surface area contributed by atoms with Crippen molar-refractivity contribution in [3.8, 4) is 0 Å². The fourth-order valence-corrected chi connectivity index (χ4v) is 2.84. The van der Waals surface area contributed by atoms with Crippen molar-refractivity contribution in [2.75, 3.05) is 31.1 Å². The van der Waals surface area contributed by atoms with Crippen molar-refractivity contribution in [2.45, 2.75) is 46.5 Å². The highest BCUT2D eigenvalue weighted by Crippen LogP contribution is 2.30. The van der Waals surface area contributed by atoms with Gasteiger partial charge >= 0.3 is 0 Å². The van der Waals surface area contributed by atoms with E-state index in [0.717, 1.165) is 32.6 Å². The van der Waals surface area contributed by atoms with Gasteiger partial charge in [-0.25, -0.2) is 0 Å². The fourth-order valence-electron chi connectivity index (χ4n) is 2.84. The van der Waals surface area contributed by atoms with Gasteiger partial charge in [0.15, 0.2) is 5.82 Å². The third kappa shape index (κ3) is 3.50. The van der Waals surface area contributed by atoms with Crippen LogP contribution >= 0.6 is 0 Å². The van der Waals surface area contributed by atoms with Crippen molar-refractivity contribution in [3.05, 3.63) is 11.3 Å². The smallest absolute Gasteiger partial charge is 0.154 e. The molecule has 2 N–H and O–H groups in total. The Hall–Kier alpha value is -1.03. The van der Waals surface area contributed by atoms with Gasteiger partial charge in [0.05, 0.1) is 0 Å². The lowest BCUT2D eigenvalue weighted by atomic mass is 9.97. The lowest BCUT2D eigenvalue weighted by Gasteiger charge is -2.22. The Kier molecular flexibility index (Phi) is 4.86. The molecule has 1 aromatic rings. The Morgan fingerprint density at radius 3 is 2.63 bits per heavy atom. The molecular weight excluding hydrogens is 236 g/mol. The van der Waals surface area contributed by atoms with Gasteiger partial charge in [-0.15, -0.1) is 0 Å². The summed E-state index contributed by atoms with van der Waals surface area (Å²) in [5.41, 5.74) is 2.76. The zero-order valence-corrected chi connectivity index (χ0v) is 12.8. The topological polar surface area (TPSA) is 44.0 Å². The van der Waals surface area contributed by atoms with Gasteiger partial charge in [-0.1, -0.05) is 27.7 Å². The maximum absolute atomic E-state index is 4.63. The predicted octanol–water partition coefficient (Wildman–Crippen LogP) is 2.53. The van der Waals surface area contributed by atoms with Gasteiger partial charge in [-0.2, -0.15) is 5.10 Å². The SMILES string of the molecule is CC(C)Cc1[nH]nc(N2CCCNCC2)c1C(C)C. The Morgan fingerprint density at radius 1 is 1.16 bits per heavy atom. The van der Waals surface area contributed by atoms with Crippen molar-refractivity contribution >= 4 is 5.82 Å². The molecule has 2 rings (SSSR count). The third-order valence-electron chi connectivity index (χ3n) is 3.69. The van der Waals surface area contributed by atoms with Crippen molar-refractivity contribution in [2.24, 2.45) is 5.92 Å². The van der Waals surface area contributed by atoms with Crippen LogP contribution in [0.3, 0.4) is 0 Å². The third-order valence-corrected chi connectivity index (χ3v) is 3.69. The standard InChI is InChI=1S/C15H28N4/c1-11(2)10-13-14(12(3)4)15(18-17-13)19-8-5-6-16-7-9-19/h11-12,16H,5-10H2,1-4H3,(H,17,18). The largest absolute Gasteiger partial charge is 0.354 e. The van der Waals surface area contributed by atoms with E-state index in [4.69, 9.17) is 0 Å². The monoisotopic (exact) mass is 264 g/mol. The highest BCUT2D eigenvalue weighted by Gasteiger charge is 2.22. The van der Waals surface area contributed by atoms with Gasteiger partial charge in [0.1, 0.15) is 0 Å². The number of H-pyrrole nitrogens is 1. The summed E-state index contributed by atoms with van der Waals surface area (Å²) in [7, 11) is 0. The zero-order valence-electron chi connectivity index (χ0n) is 12.8. The van der Waals surface area contributed by atoms with Crippen LogP contribution in [0, 0.1) is 5.92 Å². The first-order valence-electron chi connectivity index (χ1n) is 7.62. The maximum atomic E-state index is 4.63. The average Bonchev–Trinajstić information content (AvgIpc) is 2.58. The molecule has 0 atom stereocenters. The maximum Gasteiger partial charge on any atom is 0.154 e. The first-order valence-corrected chi connectivity index (χ1v) is 7.62. The van der Waals surface area contributed by atoms with Crippen molar-refractivity contribution in [1.82, 2.24) is 15.5 Å². The predicted molar refractivity (Wildman–Crippen MR) is 80.9 cm³/mol. The Bertz CT molecular complexity index is 387. The van der Waals surface area contributed by atoms with Crippen LogP contribution in [-0.4, -0.2) is 36.4 Å². The molecule has 1 fully saturated rings. The molecule has 0 radical (unpaired) electrons. The van der Waals surface area contributed by atoms with Crippen molar-refractivity contribution in [1.29, 1.82) is 0 Å². The van der Waals surface area contributed by atoms with Crippen LogP contribution in [0.2, 0.25) is 0 Å². The minimum absolute atomic E-state index is 0.527. The summed E-state index contributed by atoms with van der Waals surface area (Å²) in [5.74, 6) is 2.38. The molecule has 19 heavy (non-hydrogen) atoms. The van der Waals surface area contributed by atoms with E-state index in [0.29, 0.717) is 11.8 Å². The minimum atomic E-state index is 0.527. The number of aromatic amines is 1. The minimum Gasteiger partial charge on any atom is -0.354 e. The Balaban J connectivity index is 2.25. The van der Waals surface area contributed by atoms with E-state index >= 15 is 0 Å². The van der Waals surface area contributed by atoms with Crippen molar-refractivity contribution in [3.63, 3.8) is 0 Å². The molecule has 0 amide bonds. The molecular formula is C15H28N4.